The molecule has 11 heteroatoms. The molecule has 0 spiro atoms. The number of aromatic hydroxyl groups is 1. The van der Waals surface area contributed by atoms with Crippen LogP contribution < -0.4 is 11.0 Å². The summed E-state index contributed by atoms with van der Waals surface area (Å²) in [6.45, 7) is 2.72. The molecule has 0 bridgehead atoms. The van der Waals surface area contributed by atoms with Crippen LogP contribution in [-0.4, -0.2) is 26.3 Å². The van der Waals surface area contributed by atoms with Crippen LogP contribution in [0, 0.1) is 18.3 Å². The second-order valence-corrected chi connectivity index (χ2v) is 7.09. The smallest absolute Gasteiger partial charge is 0.416 e. The third-order valence-electron chi connectivity index (χ3n) is 4.15. The Morgan fingerprint density at radius 2 is 2.07 bits per heavy atom. The van der Waals surface area contributed by atoms with Gasteiger partial charge in [0.05, 0.1) is 29.0 Å². The molecule has 0 aliphatic heterocycles. The van der Waals surface area contributed by atoms with Crippen LogP contribution in [0.2, 0.25) is 5.02 Å². The zero-order chi connectivity index (χ0) is 22.6. The molecular weight excluding hydrogens is 427 g/mol. The lowest BCUT2D eigenvalue weighted by molar-refractivity contribution is -0.149. The maximum Gasteiger partial charge on any atom is 0.416 e. The van der Waals surface area contributed by atoms with Gasteiger partial charge in [-0.2, -0.15) is 13.2 Å². The van der Waals surface area contributed by atoms with E-state index in [-0.39, 0.29) is 23.2 Å². The van der Waals surface area contributed by atoms with E-state index in [4.69, 9.17) is 22.8 Å². The number of rotatable bonds is 7. The third kappa shape index (κ3) is 5.30. The fourth-order valence-corrected chi connectivity index (χ4v) is 2.78. The monoisotopic (exact) mass is 445 g/mol. The van der Waals surface area contributed by atoms with Gasteiger partial charge in [0.15, 0.2) is 6.73 Å². The number of alkyl halides is 3. The average molecular weight is 446 g/mol. The minimum atomic E-state index is -4.55. The van der Waals surface area contributed by atoms with Crippen molar-refractivity contribution in [1.82, 2.24) is 9.13 Å². The molecule has 0 fully saturated rings. The highest BCUT2D eigenvalue weighted by Crippen LogP contribution is 2.34. The molecule has 2 rings (SSSR count). The Morgan fingerprint density at radius 3 is 2.60 bits per heavy atom. The Morgan fingerprint density at radius 1 is 1.40 bits per heavy atom. The molecule has 7 nitrogen and oxygen atoms in total. The summed E-state index contributed by atoms with van der Waals surface area (Å²) in [4.78, 5) is 24.6. The van der Waals surface area contributed by atoms with Crippen molar-refractivity contribution in [2.24, 2.45) is 5.92 Å². The van der Waals surface area contributed by atoms with Crippen LogP contribution in [0.15, 0.2) is 29.2 Å². The summed E-state index contributed by atoms with van der Waals surface area (Å²) in [6, 6.07) is 1.72. The summed E-state index contributed by atoms with van der Waals surface area (Å²) < 4.78 is 45.3. The number of nitrogens with one attached hydrogen (secondary N) is 1. The number of carbonyl (C=O) groups is 1. The Hall–Kier alpha value is -3.06. The van der Waals surface area contributed by atoms with E-state index in [0.717, 1.165) is 33.5 Å². The highest BCUT2D eigenvalue weighted by molar-refractivity contribution is 6.33. The molecule has 2 N–H and O–H groups in total. The topological polar surface area (TPSA) is 85.5 Å². The van der Waals surface area contributed by atoms with Crippen molar-refractivity contribution >= 4 is 23.3 Å². The van der Waals surface area contributed by atoms with E-state index in [1.165, 1.54) is 0 Å². The Labute approximate surface area is 175 Å². The van der Waals surface area contributed by atoms with Gasteiger partial charge in [0.25, 0.3) is 0 Å². The maximum atomic E-state index is 12.8. The number of ether oxygens (including phenoxy) is 1. The number of nitrogens with zero attached hydrogens (tertiary/aromatic N) is 2. The summed E-state index contributed by atoms with van der Waals surface area (Å²) in [7, 11) is 0. The van der Waals surface area contributed by atoms with E-state index >= 15 is 0 Å². The fraction of sp³-hybridized carbons (Fsp3) is 0.368. The molecule has 162 valence electrons. The van der Waals surface area contributed by atoms with Gasteiger partial charge in [0, 0.05) is 0 Å². The zero-order valence-electron chi connectivity index (χ0n) is 16.0. The normalized spacial score (nSPS) is 12.5. The second kappa shape index (κ2) is 9.17. The highest BCUT2D eigenvalue weighted by Gasteiger charge is 2.31. The van der Waals surface area contributed by atoms with Gasteiger partial charge in [-0.3, -0.25) is 4.57 Å². The van der Waals surface area contributed by atoms with Crippen molar-refractivity contribution in [2.45, 2.75) is 39.3 Å². The molecule has 1 aromatic heterocycles. The zero-order valence-corrected chi connectivity index (χ0v) is 16.8. The van der Waals surface area contributed by atoms with Crippen molar-refractivity contribution in [3.05, 3.63) is 45.5 Å². The molecule has 0 amide bonds. The molecule has 1 aromatic carbocycles. The van der Waals surface area contributed by atoms with Crippen LogP contribution in [0.4, 0.5) is 18.9 Å². The number of carbonyl (C=O) groups excluding carboxylic acids is 1. The molecule has 0 radical (unpaired) electrons. The van der Waals surface area contributed by atoms with Gasteiger partial charge in [0.1, 0.15) is 6.04 Å². The molecule has 0 aliphatic rings. The van der Waals surface area contributed by atoms with Gasteiger partial charge in [-0.15, -0.1) is 6.42 Å². The van der Waals surface area contributed by atoms with Gasteiger partial charge < -0.3 is 15.2 Å². The van der Waals surface area contributed by atoms with Gasteiger partial charge in [-0.25, -0.2) is 14.2 Å². The Kier molecular flexibility index (Phi) is 7.10. The van der Waals surface area contributed by atoms with Crippen LogP contribution in [-0.2, 0) is 29.0 Å². The number of anilines is 1. The van der Waals surface area contributed by atoms with E-state index in [1.807, 2.05) is 0 Å². The maximum absolute atomic E-state index is 12.8. The third-order valence-corrected chi connectivity index (χ3v) is 4.46. The number of aromatic nitrogens is 2. The lowest BCUT2D eigenvalue weighted by Gasteiger charge is -2.23. The van der Waals surface area contributed by atoms with Gasteiger partial charge in [-0.05, 0) is 24.1 Å². The molecular formula is C19H19ClF3N3O4. The Balaban J connectivity index is 2.15. The minimum Gasteiger partial charge on any atom is -0.493 e. The largest absolute Gasteiger partial charge is 0.493 e. The molecule has 1 heterocycles. The fourth-order valence-electron chi connectivity index (χ4n) is 2.54. The van der Waals surface area contributed by atoms with Gasteiger partial charge in [-0.1, -0.05) is 31.4 Å². The first-order valence-electron chi connectivity index (χ1n) is 8.68. The molecule has 1 unspecified atom stereocenters. The summed E-state index contributed by atoms with van der Waals surface area (Å²) in [6.07, 6.45) is 1.69. The van der Waals surface area contributed by atoms with Crippen LogP contribution in [0.3, 0.4) is 0 Å². The molecule has 2 aromatic rings. The lowest BCUT2D eigenvalue weighted by Crippen LogP contribution is -2.37. The lowest BCUT2D eigenvalue weighted by atomic mass is 10.0. The summed E-state index contributed by atoms with van der Waals surface area (Å²) in [5.41, 5.74) is -1.48. The predicted molar refractivity (Wildman–Crippen MR) is 104 cm³/mol. The number of terminal acetylenes is 1. The first-order chi connectivity index (χ1) is 14.0. The van der Waals surface area contributed by atoms with Crippen molar-refractivity contribution in [2.75, 3.05) is 5.32 Å². The SMILES string of the molecule is C#CCn1cc(O)n(COC(=O)C(Nc2ccc(C(F)(F)F)cc2Cl)C(C)C)c1=O. The highest BCUT2D eigenvalue weighted by atomic mass is 35.5. The van der Waals surface area contributed by atoms with Crippen LogP contribution in [0.5, 0.6) is 5.88 Å². The second-order valence-electron chi connectivity index (χ2n) is 6.68. The van der Waals surface area contributed by atoms with Crippen molar-refractivity contribution in [3.8, 4) is 18.2 Å². The number of imidazole rings is 1. The molecule has 30 heavy (non-hydrogen) atoms. The van der Waals surface area contributed by atoms with Crippen molar-refractivity contribution in [1.29, 1.82) is 0 Å². The summed E-state index contributed by atoms with van der Waals surface area (Å²) in [5.74, 6) is 0.670. The Bertz CT molecular complexity index is 1020. The molecule has 0 saturated heterocycles. The number of hydrogen-bond donors (Lipinski definition) is 2. The number of halogens is 4. The number of hydrogen-bond acceptors (Lipinski definition) is 5. The molecule has 0 saturated carbocycles. The quantitative estimate of drug-likeness (QED) is 0.504. The predicted octanol–water partition coefficient (Wildman–Crippen LogP) is 3.30. The average Bonchev–Trinajstić information content (AvgIpc) is 2.91. The number of benzene rings is 1. The molecule has 1 atom stereocenters. The molecule has 0 aliphatic carbocycles. The van der Waals surface area contributed by atoms with E-state index in [0.29, 0.717) is 0 Å². The van der Waals surface area contributed by atoms with E-state index < -0.39 is 42.1 Å². The number of esters is 1. The summed E-state index contributed by atoms with van der Waals surface area (Å²) in [5, 5.41) is 12.4. The van der Waals surface area contributed by atoms with Crippen molar-refractivity contribution in [3.63, 3.8) is 0 Å². The van der Waals surface area contributed by atoms with Crippen LogP contribution >= 0.6 is 11.6 Å². The minimum absolute atomic E-state index is 0.0735. The standard InChI is InChI=1S/C19H19ClF3N3O4/c1-4-7-25-9-15(27)26(18(25)29)10-30-17(28)16(11(2)3)24-14-6-5-12(8-13(14)20)19(21,22)23/h1,5-6,8-9,11,16,24,27H,7,10H2,2-3H3. The first kappa shape index (κ1) is 23.2. The van der Waals surface area contributed by atoms with E-state index in [2.05, 4.69) is 11.2 Å². The van der Waals surface area contributed by atoms with E-state index in [9.17, 15) is 27.9 Å². The van der Waals surface area contributed by atoms with Gasteiger partial charge >= 0.3 is 17.8 Å². The van der Waals surface area contributed by atoms with Gasteiger partial charge in [0.2, 0.25) is 5.88 Å². The first-order valence-corrected chi connectivity index (χ1v) is 9.05. The van der Waals surface area contributed by atoms with Crippen LogP contribution in [0.1, 0.15) is 19.4 Å². The van der Waals surface area contributed by atoms with E-state index in [1.54, 1.807) is 13.8 Å². The summed E-state index contributed by atoms with van der Waals surface area (Å²) >= 11 is 5.92. The van der Waals surface area contributed by atoms with Crippen molar-refractivity contribution < 1.29 is 27.8 Å². The van der Waals surface area contributed by atoms with Crippen LogP contribution in [0.25, 0.3) is 0 Å².